The van der Waals surface area contributed by atoms with E-state index in [1.807, 2.05) is 0 Å². The summed E-state index contributed by atoms with van der Waals surface area (Å²) in [6.07, 6.45) is -0.300. The van der Waals surface area contributed by atoms with Crippen LogP contribution in [0.3, 0.4) is 0 Å². The molecule has 0 aromatic rings. The van der Waals surface area contributed by atoms with Crippen LogP contribution in [0, 0.1) is 0 Å². The summed E-state index contributed by atoms with van der Waals surface area (Å²) in [6, 6.07) is 0. The third kappa shape index (κ3) is 4.16. The Morgan fingerprint density at radius 2 is 1.69 bits per heavy atom. The summed E-state index contributed by atoms with van der Waals surface area (Å²) in [6.45, 7) is 3.85. The summed E-state index contributed by atoms with van der Waals surface area (Å²) < 4.78 is 15.0. The van der Waals surface area contributed by atoms with Gasteiger partial charge in [0, 0.05) is 19.6 Å². The molecule has 0 spiro atoms. The van der Waals surface area contributed by atoms with Gasteiger partial charge in [-0.2, -0.15) is 0 Å². The smallest absolute Gasteiger partial charge is 0.366 e. The van der Waals surface area contributed by atoms with Crippen molar-refractivity contribution in [2.45, 2.75) is 32.5 Å². The summed E-state index contributed by atoms with van der Waals surface area (Å²) in [5.74, 6) is -3.33. The number of ether oxygens (including phenoxy) is 3. The molecule has 1 N–H and O–H groups in total. The molecule has 0 rings (SSSR count). The third-order valence-electron chi connectivity index (χ3n) is 1.92. The molecule has 0 heterocycles. The van der Waals surface area contributed by atoms with Crippen LogP contribution in [0.5, 0.6) is 0 Å². The first-order valence-corrected chi connectivity index (χ1v) is 5.10. The zero-order valence-corrected chi connectivity index (χ0v) is 9.82. The Morgan fingerprint density at radius 3 is 2.00 bits per heavy atom. The number of rotatable bonds is 8. The second-order valence-electron chi connectivity index (χ2n) is 3.00. The molecule has 0 aromatic carbocycles. The molecule has 0 bridgehead atoms. The lowest BCUT2D eigenvalue weighted by Gasteiger charge is -2.29. The molecule has 16 heavy (non-hydrogen) atoms. The molecule has 6 heteroatoms. The highest BCUT2D eigenvalue weighted by atomic mass is 16.7. The predicted molar refractivity (Wildman–Crippen MR) is 54.9 cm³/mol. The zero-order valence-electron chi connectivity index (χ0n) is 9.82. The Hall–Kier alpha value is -1.14. The van der Waals surface area contributed by atoms with Gasteiger partial charge in [0.15, 0.2) is 0 Å². The molecular formula is C10H18O6. The molecule has 0 amide bonds. The number of carboxylic acid groups (broad SMARTS) is 1. The molecule has 0 saturated carbocycles. The molecule has 0 aliphatic carbocycles. The van der Waals surface area contributed by atoms with Crippen LogP contribution < -0.4 is 0 Å². The highest BCUT2D eigenvalue weighted by molar-refractivity contribution is 5.78. The van der Waals surface area contributed by atoms with E-state index in [2.05, 4.69) is 4.74 Å². The van der Waals surface area contributed by atoms with Crippen molar-refractivity contribution in [1.82, 2.24) is 0 Å². The Balaban J connectivity index is 4.76. The van der Waals surface area contributed by atoms with Gasteiger partial charge in [0.05, 0.1) is 13.5 Å². The molecule has 0 fully saturated rings. The number of hydrogen-bond donors (Lipinski definition) is 1. The second kappa shape index (κ2) is 7.19. The molecule has 0 saturated heterocycles. The van der Waals surface area contributed by atoms with Crippen LogP contribution in [0.15, 0.2) is 0 Å². The van der Waals surface area contributed by atoms with E-state index in [0.29, 0.717) is 0 Å². The number of carboxylic acids is 1. The Morgan fingerprint density at radius 1 is 1.19 bits per heavy atom. The highest BCUT2D eigenvalue weighted by Crippen LogP contribution is 2.22. The van der Waals surface area contributed by atoms with Gasteiger partial charge in [0.25, 0.3) is 5.79 Å². The maximum absolute atomic E-state index is 11.6. The number of hydrogen-bond acceptors (Lipinski definition) is 5. The second-order valence-corrected chi connectivity index (χ2v) is 3.00. The molecule has 6 nitrogen and oxygen atoms in total. The average molecular weight is 234 g/mol. The normalized spacial score (nSPS) is 11.2. The minimum absolute atomic E-state index is 0.0727. The zero-order chi connectivity index (χ0) is 12.6. The van der Waals surface area contributed by atoms with E-state index in [1.165, 1.54) is 7.11 Å². The lowest BCUT2D eigenvalue weighted by molar-refractivity contribution is -0.247. The average Bonchev–Trinajstić information content (AvgIpc) is 2.25. The van der Waals surface area contributed by atoms with Crippen LogP contribution in [0.2, 0.25) is 0 Å². The van der Waals surface area contributed by atoms with Gasteiger partial charge in [-0.25, -0.2) is 4.79 Å². The van der Waals surface area contributed by atoms with Gasteiger partial charge < -0.3 is 19.3 Å². The van der Waals surface area contributed by atoms with Crippen LogP contribution in [0.4, 0.5) is 0 Å². The van der Waals surface area contributed by atoms with Gasteiger partial charge in [-0.1, -0.05) is 0 Å². The Bertz CT molecular complexity index is 231. The van der Waals surface area contributed by atoms with E-state index < -0.39 is 17.7 Å². The summed E-state index contributed by atoms with van der Waals surface area (Å²) in [5.41, 5.74) is 0. The maximum atomic E-state index is 11.6. The SMILES string of the molecule is CCOC(CCC(=O)O)(OCC)C(=O)OC. The third-order valence-corrected chi connectivity index (χ3v) is 1.92. The fourth-order valence-electron chi connectivity index (χ4n) is 1.30. The monoisotopic (exact) mass is 234 g/mol. The van der Waals surface area contributed by atoms with E-state index in [9.17, 15) is 9.59 Å². The lowest BCUT2D eigenvalue weighted by atomic mass is 10.1. The maximum Gasteiger partial charge on any atom is 0.366 e. The molecule has 0 aliphatic heterocycles. The van der Waals surface area contributed by atoms with Crippen LogP contribution in [-0.4, -0.2) is 43.2 Å². The van der Waals surface area contributed by atoms with Gasteiger partial charge in [0.1, 0.15) is 0 Å². The first-order chi connectivity index (χ1) is 7.52. The van der Waals surface area contributed by atoms with Crippen LogP contribution in [-0.2, 0) is 23.8 Å². The van der Waals surface area contributed by atoms with E-state index in [4.69, 9.17) is 14.6 Å². The molecule has 0 radical (unpaired) electrons. The fourth-order valence-corrected chi connectivity index (χ4v) is 1.30. The van der Waals surface area contributed by atoms with Gasteiger partial charge >= 0.3 is 11.9 Å². The Labute approximate surface area is 94.5 Å². The lowest BCUT2D eigenvalue weighted by Crippen LogP contribution is -2.45. The van der Waals surface area contributed by atoms with Crippen molar-refractivity contribution in [3.8, 4) is 0 Å². The summed E-state index contributed by atoms with van der Waals surface area (Å²) in [5, 5.41) is 8.60. The summed E-state index contributed by atoms with van der Waals surface area (Å²) in [4.78, 5) is 22.1. The molecule has 0 unspecified atom stereocenters. The van der Waals surface area contributed by atoms with Gasteiger partial charge in [-0.05, 0) is 13.8 Å². The van der Waals surface area contributed by atoms with E-state index >= 15 is 0 Å². The minimum Gasteiger partial charge on any atom is -0.481 e. The van der Waals surface area contributed by atoms with E-state index in [0.717, 1.165) is 0 Å². The van der Waals surface area contributed by atoms with Crippen molar-refractivity contribution in [2.24, 2.45) is 0 Å². The van der Waals surface area contributed by atoms with Gasteiger partial charge in [-0.15, -0.1) is 0 Å². The van der Waals surface area contributed by atoms with Crippen LogP contribution in [0.25, 0.3) is 0 Å². The van der Waals surface area contributed by atoms with Gasteiger partial charge in [0.2, 0.25) is 0 Å². The fraction of sp³-hybridized carbons (Fsp3) is 0.800. The number of aliphatic carboxylic acids is 1. The number of carbonyl (C=O) groups is 2. The van der Waals surface area contributed by atoms with E-state index in [-0.39, 0.29) is 26.1 Å². The topological polar surface area (TPSA) is 82.1 Å². The quantitative estimate of drug-likeness (QED) is 0.494. The molecule has 0 aliphatic rings. The molecule has 0 atom stereocenters. The van der Waals surface area contributed by atoms with Crippen LogP contribution in [0.1, 0.15) is 26.7 Å². The molecule has 0 aromatic heterocycles. The minimum atomic E-state index is -1.60. The number of methoxy groups -OCH3 is 1. The van der Waals surface area contributed by atoms with Crippen molar-refractivity contribution in [3.05, 3.63) is 0 Å². The van der Waals surface area contributed by atoms with Crippen molar-refractivity contribution in [3.63, 3.8) is 0 Å². The van der Waals surface area contributed by atoms with E-state index in [1.54, 1.807) is 13.8 Å². The number of carbonyl (C=O) groups excluding carboxylic acids is 1. The van der Waals surface area contributed by atoms with Crippen molar-refractivity contribution in [1.29, 1.82) is 0 Å². The van der Waals surface area contributed by atoms with Crippen molar-refractivity contribution < 1.29 is 28.9 Å². The molecule has 94 valence electrons. The molecular weight excluding hydrogens is 216 g/mol. The van der Waals surface area contributed by atoms with Crippen molar-refractivity contribution >= 4 is 11.9 Å². The summed E-state index contributed by atoms with van der Waals surface area (Å²) >= 11 is 0. The van der Waals surface area contributed by atoms with Crippen LogP contribution >= 0.6 is 0 Å². The van der Waals surface area contributed by atoms with Gasteiger partial charge in [-0.3, -0.25) is 4.79 Å². The van der Waals surface area contributed by atoms with Crippen molar-refractivity contribution in [2.75, 3.05) is 20.3 Å². The largest absolute Gasteiger partial charge is 0.481 e. The first kappa shape index (κ1) is 14.9. The summed E-state index contributed by atoms with van der Waals surface area (Å²) in [7, 11) is 1.20. The highest BCUT2D eigenvalue weighted by Gasteiger charge is 2.42. The Kier molecular flexibility index (Phi) is 6.67. The standard InChI is InChI=1S/C10H18O6/c1-4-15-10(16-5-2,9(13)14-3)7-6-8(11)12/h4-7H2,1-3H3,(H,11,12). The predicted octanol–water partition coefficient (Wildman–Crippen LogP) is 0.794. The number of esters is 1. The first-order valence-electron chi connectivity index (χ1n) is 5.10.